The third kappa shape index (κ3) is 1.60. The summed E-state index contributed by atoms with van der Waals surface area (Å²) >= 11 is 0. The summed E-state index contributed by atoms with van der Waals surface area (Å²) in [6.45, 7) is 2.00. The van der Waals surface area contributed by atoms with E-state index in [1.165, 1.54) is 24.2 Å². The molecule has 0 amide bonds. The van der Waals surface area contributed by atoms with Crippen molar-refractivity contribution in [1.82, 2.24) is 14.5 Å². The number of nitrogen functional groups attached to an aromatic ring is 1. The zero-order valence-electron chi connectivity index (χ0n) is 9.98. The predicted octanol–water partition coefficient (Wildman–Crippen LogP) is 2.04. The van der Waals surface area contributed by atoms with Gasteiger partial charge in [0.25, 0.3) is 0 Å². The van der Waals surface area contributed by atoms with Crippen LogP contribution in [0.2, 0.25) is 0 Å². The van der Waals surface area contributed by atoms with Gasteiger partial charge >= 0.3 is 0 Å². The molecule has 0 saturated heterocycles. The first kappa shape index (κ1) is 10.3. The number of hydrogen-bond donors (Lipinski definition) is 1. The normalized spacial score (nSPS) is 14.6. The van der Waals surface area contributed by atoms with E-state index in [0.29, 0.717) is 0 Å². The van der Waals surface area contributed by atoms with Crippen molar-refractivity contribution < 1.29 is 0 Å². The van der Waals surface area contributed by atoms with Crippen LogP contribution in [-0.2, 0) is 12.8 Å². The number of fused-ring (bicyclic) bond motifs is 1. The summed E-state index contributed by atoms with van der Waals surface area (Å²) in [6, 6.07) is 1.93. The van der Waals surface area contributed by atoms with E-state index in [1.54, 1.807) is 6.20 Å². The Balaban J connectivity index is 2.15. The molecule has 0 saturated carbocycles. The number of nitrogens with two attached hydrogens (primary N) is 1. The highest BCUT2D eigenvalue weighted by Crippen LogP contribution is 2.25. The van der Waals surface area contributed by atoms with Crippen molar-refractivity contribution in [2.24, 2.45) is 0 Å². The fourth-order valence-corrected chi connectivity index (χ4v) is 2.40. The van der Waals surface area contributed by atoms with E-state index in [-0.39, 0.29) is 0 Å². The van der Waals surface area contributed by atoms with Crippen molar-refractivity contribution in [2.45, 2.75) is 32.6 Å². The van der Waals surface area contributed by atoms with Gasteiger partial charge in [-0.15, -0.1) is 0 Å². The van der Waals surface area contributed by atoms with E-state index in [1.807, 2.05) is 19.3 Å². The second kappa shape index (κ2) is 3.87. The lowest BCUT2D eigenvalue weighted by atomic mass is 10.0. The number of nitrogens with zero attached hydrogens (tertiary/aromatic N) is 3. The fraction of sp³-hybridized carbons (Fsp3) is 0.385. The van der Waals surface area contributed by atoms with Gasteiger partial charge in [-0.05, 0) is 44.2 Å². The third-order valence-corrected chi connectivity index (χ3v) is 3.45. The minimum absolute atomic E-state index is 0.748. The van der Waals surface area contributed by atoms with Gasteiger partial charge in [0.1, 0.15) is 6.33 Å². The maximum atomic E-state index is 6.10. The molecule has 1 aliphatic carbocycles. The summed E-state index contributed by atoms with van der Waals surface area (Å²) < 4.78 is 2.05. The van der Waals surface area contributed by atoms with Crippen molar-refractivity contribution in [1.29, 1.82) is 0 Å². The molecule has 4 heteroatoms. The van der Waals surface area contributed by atoms with Gasteiger partial charge in [0, 0.05) is 11.9 Å². The Bertz CT molecular complexity index is 557. The Hall–Kier alpha value is -1.84. The zero-order valence-corrected chi connectivity index (χ0v) is 9.98. The third-order valence-electron chi connectivity index (χ3n) is 3.45. The Morgan fingerprint density at radius 2 is 2.06 bits per heavy atom. The highest BCUT2D eigenvalue weighted by molar-refractivity contribution is 5.58. The molecule has 0 atom stereocenters. The molecule has 2 aromatic heterocycles. The van der Waals surface area contributed by atoms with Crippen LogP contribution in [0.15, 0.2) is 18.6 Å². The first-order valence-electron chi connectivity index (χ1n) is 6.04. The molecule has 0 unspecified atom stereocenters. The summed E-state index contributed by atoms with van der Waals surface area (Å²) in [6.07, 6.45) is 8.27. The SMILES string of the molecule is Cc1ccnc(-n2cnc3c2CCCC3)c1N. The number of pyridine rings is 1. The number of anilines is 1. The highest BCUT2D eigenvalue weighted by atomic mass is 15.1. The van der Waals surface area contributed by atoms with Crippen LogP contribution in [0.25, 0.3) is 5.82 Å². The lowest BCUT2D eigenvalue weighted by Gasteiger charge is -2.15. The van der Waals surface area contributed by atoms with E-state index >= 15 is 0 Å². The number of aromatic nitrogens is 3. The summed E-state index contributed by atoms with van der Waals surface area (Å²) in [7, 11) is 0. The Labute approximate surface area is 101 Å². The maximum absolute atomic E-state index is 6.10. The number of imidazole rings is 1. The van der Waals surface area contributed by atoms with E-state index in [9.17, 15) is 0 Å². The minimum atomic E-state index is 0.748. The lowest BCUT2D eigenvalue weighted by molar-refractivity contribution is 0.654. The van der Waals surface area contributed by atoms with Crippen molar-refractivity contribution in [2.75, 3.05) is 5.73 Å². The molecular weight excluding hydrogens is 212 g/mol. The van der Waals surface area contributed by atoms with Crippen molar-refractivity contribution >= 4 is 5.69 Å². The first-order chi connectivity index (χ1) is 8.27. The Morgan fingerprint density at radius 3 is 2.94 bits per heavy atom. The molecule has 0 aliphatic heterocycles. The van der Waals surface area contributed by atoms with Crippen molar-refractivity contribution in [3.05, 3.63) is 35.5 Å². The minimum Gasteiger partial charge on any atom is -0.395 e. The molecule has 0 aromatic carbocycles. The summed E-state index contributed by atoms with van der Waals surface area (Å²) in [5.41, 5.74) is 10.4. The van der Waals surface area contributed by atoms with Crippen LogP contribution in [0.5, 0.6) is 0 Å². The number of rotatable bonds is 1. The number of aryl methyl sites for hydroxylation is 2. The van der Waals surface area contributed by atoms with Gasteiger partial charge in [0.2, 0.25) is 0 Å². The van der Waals surface area contributed by atoms with Gasteiger partial charge in [-0.1, -0.05) is 0 Å². The van der Waals surface area contributed by atoms with Gasteiger partial charge in [0.15, 0.2) is 5.82 Å². The molecular formula is C13H16N4. The van der Waals surface area contributed by atoms with Crippen molar-refractivity contribution in [3.8, 4) is 5.82 Å². The van der Waals surface area contributed by atoms with E-state index in [0.717, 1.165) is 29.9 Å². The fourth-order valence-electron chi connectivity index (χ4n) is 2.40. The van der Waals surface area contributed by atoms with Crippen LogP contribution in [0.3, 0.4) is 0 Å². The summed E-state index contributed by atoms with van der Waals surface area (Å²) in [4.78, 5) is 8.86. The van der Waals surface area contributed by atoms with E-state index < -0.39 is 0 Å². The molecule has 0 fully saturated rings. The molecule has 2 aromatic rings. The van der Waals surface area contributed by atoms with Crippen LogP contribution in [0.4, 0.5) is 5.69 Å². The van der Waals surface area contributed by atoms with Gasteiger partial charge < -0.3 is 5.73 Å². The standard InChI is InChI=1S/C13H16N4/c1-9-6-7-15-13(12(9)14)17-8-16-10-4-2-3-5-11(10)17/h6-8H,2-5,14H2,1H3. The summed E-state index contributed by atoms with van der Waals surface area (Å²) in [5, 5.41) is 0. The topological polar surface area (TPSA) is 56.7 Å². The monoisotopic (exact) mass is 228 g/mol. The average molecular weight is 228 g/mol. The largest absolute Gasteiger partial charge is 0.395 e. The quantitative estimate of drug-likeness (QED) is 0.812. The second-order valence-electron chi connectivity index (χ2n) is 4.58. The molecule has 0 bridgehead atoms. The maximum Gasteiger partial charge on any atom is 0.161 e. The van der Waals surface area contributed by atoms with Crippen LogP contribution < -0.4 is 5.73 Å². The Morgan fingerprint density at radius 1 is 1.24 bits per heavy atom. The van der Waals surface area contributed by atoms with Gasteiger partial charge in [0.05, 0.1) is 11.4 Å². The molecule has 1 aliphatic rings. The van der Waals surface area contributed by atoms with Gasteiger partial charge in [-0.3, -0.25) is 4.57 Å². The Kier molecular flexibility index (Phi) is 2.35. The molecule has 2 heterocycles. The van der Waals surface area contributed by atoms with E-state index in [4.69, 9.17) is 5.73 Å². The lowest BCUT2D eigenvalue weighted by Crippen LogP contribution is -2.10. The average Bonchev–Trinajstić information content (AvgIpc) is 2.77. The highest BCUT2D eigenvalue weighted by Gasteiger charge is 2.18. The van der Waals surface area contributed by atoms with E-state index in [2.05, 4.69) is 14.5 Å². The number of hydrogen-bond acceptors (Lipinski definition) is 3. The van der Waals surface area contributed by atoms with Gasteiger partial charge in [-0.2, -0.15) is 0 Å². The smallest absolute Gasteiger partial charge is 0.161 e. The van der Waals surface area contributed by atoms with Crippen LogP contribution in [0, 0.1) is 6.92 Å². The van der Waals surface area contributed by atoms with Crippen molar-refractivity contribution in [3.63, 3.8) is 0 Å². The molecule has 0 spiro atoms. The van der Waals surface area contributed by atoms with Crippen LogP contribution in [0.1, 0.15) is 29.8 Å². The molecule has 2 N–H and O–H groups in total. The molecule has 88 valence electrons. The van der Waals surface area contributed by atoms with Gasteiger partial charge in [-0.25, -0.2) is 9.97 Å². The molecule has 0 radical (unpaired) electrons. The summed E-state index contributed by atoms with van der Waals surface area (Å²) in [5.74, 6) is 0.820. The molecule has 3 rings (SSSR count). The zero-order chi connectivity index (χ0) is 11.8. The predicted molar refractivity (Wildman–Crippen MR) is 67.2 cm³/mol. The first-order valence-corrected chi connectivity index (χ1v) is 6.04. The molecule has 17 heavy (non-hydrogen) atoms. The van der Waals surface area contributed by atoms with Crippen LogP contribution in [-0.4, -0.2) is 14.5 Å². The van der Waals surface area contributed by atoms with Crippen LogP contribution >= 0.6 is 0 Å². The molecule has 4 nitrogen and oxygen atoms in total. The second-order valence-corrected chi connectivity index (χ2v) is 4.58.